The van der Waals surface area contributed by atoms with E-state index in [1.54, 1.807) is 27.7 Å². The van der Waals surface area contributed by atoms with E-state index in [0.717, 1.165) is 6.07 Å². The molecule has 178 valence electrons. The van der Waals surface area contributed by atoms with Crippen LogP contribution in [0.5, 0.6) is 0 Å². The minimum absolute atomic E-state index is 0.0773. The molecule has 0 radical (unpaired) electrons. The van der Waals surface area contributed by atoms with Crippen molar-refractivity contribution >= 4 is 17.9 Å². The Hall–Kier alpha value is -2.85. The molecule has 0 unspecified atom stereocenters. The van der Waals surface area contributed by atoms with Gasteiger partial charge in [-0.3, -0.25) is 9.59 Å². The van der Waals surface area contributed by atoms with Gasteiger partial charge in [0.1, 0.15) is 17.5 Å². The molecule has 0 spiro atoms. The average molecular weight is 461 g/mol. The van der Waals surface area contributed by atoms with Crippen molar-refractivity contribution < 1.29 is 36.7 Å². The van der Waals surface area contributed by atoms with Gasteiger partial charge in [0.15, 0.2) is 0 Å². The van der Waals surface area contributed by atoms with Gasteiger partial charge in [-0.05, 0) is 45.4 Å². The van der Waals surface area contributed by atoms with E-state index < -0.39 is 46.8 Å². The highest BCUT2D eigenvalue weighted by Gasteiger charge is 2.34. The van der Waals surface area contributed by atoms with Crippen molar-refractivity contribution in [2.75, 3.05) is 26.2 Å². The molecular formula is C21H27F4N3O4. The molecule has 0 bridgehead atoms. The van der Waals surface area contributed by atoms with Gasteiger partial charge < -0.3 is 19.9 Å². The zero-order chi connectivity index (χ0) is 24.3. The monoisotopic (exact) mass is 461 g/mol. The number of hydrogen-bond acceptors (Lipinski definition) is 4. The van der Waals surface area contributed by atoms with Crippen LogP contribution in [0.2, 0.25) is 0 Å². The summed E-state index contributed by atoms with van der Waals surface area (Å²) in [4.78, 5) is 40.0. The Morgan fingerprint density at radius 2 is 1.62 bits per heavy atom. The number of carbonyl (C=O) groups is 3. The molecule has 0 aliphatic carbocycles. The fourth-order valence-corrected chi connectivity index (χ4v) is 3.17. The number of hydrogen-bond donors (Lipinski definition) is 1. The first-order valence-electron chi connectivity index (χ1n) is 10.2. The molecule has 2 rings (SSSR count). The largest absolute Gasteiger partial charge is 0.444 e. The summed E-state index contributed by atoms with van der Waals surface area (Å²) in [6, 6.07) is 0.959. The van der Waals surface area contributed by atoms with E-state index in [1.165, 1.54) is 9.80 Å². The maximum Gasteiger partial charge on any atom is 0.416 e. The molecule has 3 amide bonds. The summed E-state index contributed by atoms with van der Waals surface area (Å²) < 4.78 is 57.4. The van der Waals surface area contributed by atoms with Crippen LogP contribution in [0.3, 0.4) is 0 Å². The average Bonchev–Trinajstić information content (AvgIpc) is 2.69. The van der Waals surface area contributed by atoms with E-state index >= 15 is 0 Å². The lowest BCUT2D eigenvalue weighted by molar-refractivity contribution is -0.137. The third-order valence-corrected chi connectivity index (χ3v) is 4.80. The van der Waals surface area contributed by atoms with Crippen LogP contribution in [-0.4, -0.2) is 65.5 Å². The van der Waals surface area contributed by atoms with Crippen LogP contribution >= 0.6 is 0 Å². The molecule has 32 heavy (non-hydrogen) atoms. The standard InChI is InChI=1S/C21H27F4N3O4/c1-5-16(26-19(31)32-20(2,3)4)18(30)28-10-8-27(9-11-28)17(29)14-7-6-13(12-15(14)22)21(23,24)25/h6-7,12,16H,5,8-11H2,1-4H3,(H,26,31)/t16-/m0/s1. The fourth-order valence-electron chi connectivity index (χ4n) is 3.17. The van der Waals surface area contributed by atoms with Crippen molar-refractivity contribution in [1.29, 1.82) is 0 Å². The van der Waals surface area contributed by atoms with Gasteiger partial charge in [0.05, 0.1) is 11.1 Å². The Kier molecular flexibility index (Phi) is 7.74. The van der Waals surface area contributed by atoms with Gasteiger partial charge >= 0.3 is 12.3 Å². The first-order chi connectivity index (χ1) is 14.7. The number of alkyl halides is 3. The third-order valence-electron chi connectivity index (χ3n) is 4.80. The molecule has 1 heterocycles. The first kappa shape index (κ1) is 25.4. The van der Waals surface area contributed by atoms with Crippen molar-refractivity contribution in [3.8, 4) is 0 Å². The van der Waals surface area contributed by atoms with E-state index in [0.29, 0.717) is 18.6 Å². The molecule has 1 fully saturated rings. The maximum atomic E-state index is 14.1. The van der Waals surface area contributed by atoms with Gasteiger partial charge in [0, 0.05) is 26.2 Å². The minimum Gasteiger partial charge on any atom is -0.444 e. The second kappa shape index (κ2) is 9.74. The first-order valence-corrected chi connectivity index (χ1v) is 10.2. The summed E-state index contributed by atoms with van der Waals surface area (Å²) in [6.07, 6.45) is -5.10. The SMILES string of the molecule is CC[C@H](NC(=O)OC(C)(C)C)C(=O)N1CCN(C(=O)c2ccc(C(F)(F)F)cc2F)CC1. The van der Waals surface area contributed by atoms with Crippen LogP contribution in [0.15, 0.2) is 18.2 Å². The summed E-state index contributed by atoms with van der Waals surface area (Å²) >= 11 is 0. The van der Waals surface area contributed by atoms with E-state index in [1.807, 2.05) is 0 Å². The highest BCUT2D eigenvalue weighted by Crippen LogP contribution is 2.30. The minimum atomic E-state index is -4.71. The molecular weight excluding hydrogens is 434 g/mol. The van der Waals surface area contributed by atoms with Crippen molar-refractivity contribution in [3.63, 3.8) is 0 Å². The van der Waals surface area contributed by atoms with Crippen molar-refractivity contribution in [2.45, 2.75) is 51.9 Å². The second-order valence-corrected chi connectivity index (χ2v) is 8.42. The summed E-state index contributed by atoms with van der Waals surface area (Å²) in [5.41, 5.74) is -2.36. The van der Waals surface area contributed by atoms with E-state index in [-0.39, 0.29) is 32.1 Å². The zero-order valence-electron chi connectivity index (χ0n) is 18.4. The topological polar surface area (TPSA) is 79.0 Å². The molecule has 0 saturated carbocycles. The number of ether oxygens (including phenoxy) is 1. The number of piperazine rings is 1. The summed E-state index contributed by atoms with van der Waals surface area (Å²) in [5, 5.41) is 2.53. The smallest absolute Gasteiger partial charge is 0.416 e. The normalized spacial score (nSPS) is 15.9. The van der Waals surface area contributed by atoms with E-state index in [2.05, 4.69) is 5.32 Å². The Balaban J connectivity index is 1.98. The molecule has 7 nitrogen and oxygen atoms in total. The molecule has 1 saturated heterocycles. The van der Waals surface area contributed by atoms with Gasteiger partial charge in [-0.15, -0.1) is 0 Å². The highest BCUT2D eigenvalue weighted by atomic mass is 19.4. The molecule has 1 atom stereocenters. The number of halogens is 4. The van der Waals surface area contributed by atoms with Gasteiger partial charge in [0.25, 0.3) is 5.91 Å². The van der Waals surface area contributed by atoms with Crippen LogP contribution in [0.25, 0.3) is 0 Å². The van der Waals surface area contributed by atoms with Crippen molar-refractivity contribution in [2.24, 2.45) is 0 Å². The van der Waals surface area contributed by atoms with Crippen LogP contribution in [0, 0.1) is 5.82 Å². The second-order valence-electron chi connectivity index (χ2n) is 8.42. The van der Waals surface area contributed by atoms with Gasteiger partial charge in [-0.1, -0.05) is 6.92 Å². The van der Waals surface area contributed by atoms with Gasteiger partial charge in [-0.25, -0.2) is 9.18 Å². The lowest BCUT2D eigenvalue weighted by Crippen LogP contribution is -2.56. The number of carbonyl (C=O) groups excluding carboxylic acids is 3. The molecule has 1 aliphatic rings. The predicted molar refractivity (Wildman–Crippen MR) is 107 cm³/mol. The van der Waals surface area contributed by atoms with Crippen molar-refractivity contribution in [1.82, 2.24) is 15.1 Å². The van der Waals surface area contributed by atoms with E-state index in [4.69, 9.17) is 4.74 Å². The molecule has 1 aromatic rings. The van der Waals surface area contributed by atoms with Crippen LogP contribution in [0.4, 0.5) is 22.4 Å². The number of benzene rings is 1. The number of nitrogens with zero attached hydrogens (tertiary/aromatic N) is 2. The van der Waals surface area contributed by atoms with Crippen LogP contribution in [0.1, 0.15) is 50.0 Å². The summed E-state index contributed by atoms with van der Waals surface area (Å²) in [6.45, 7) is 7.26. The quantitative estimate of drug-likeness (QED) is 0.697. The summed E-state index contributed by atoms with van der Waals surface area (Å²) in [5.74, 6) is -2.34. The van der Waals surface area contributed by atoms with Crippen LogP contribution in [-0.2, 0) is 15.7 Å². The number of alkyl carbamates (subject to hydrolysis) is 1. The molecule has 0 aromatic heterocycles. The Labute approximate surface area is 183 Å². The highest BCUT2D eigenvalue weighted by molar-refractivity contribution is 5.95. The van der Waals surface area contributed by atoms with Gasteiger partial charge in [0.2, 0.25) is 5.91 Å². The fraction of sp³-hybridized carbons (Fsp3) is 0.571. The predicted octanol–water partition coefficient (Wildman–Crippen LogP) is 3.43. The number of amides is 3. The maximum absolute atomic E-state index is 14.1. The number of rotatable bonds is 4. The molecule has 1 aromatic carbocycles. The Morgan fingerprint density at radius 3 is 2.09 bits per heavy atom. The molecule has 1 aliphatic heterocycles. The third kappa shape index (κ3) is 6.57. The van der Waals surface area contributed by atoms with E-state index in [9.17, 15) is 31.9 Å². The molecule has 11 heteroatoms. The zero-order valence-corrected chi connectivity index (χ0v) is 18.4. The molecule has 1 N–H and O–H groups in total. The Bertz CT molecular complexity index is 860. The summed E-state index contributed by atoms with van der Waals surface area (Å²) in [7, 11) is 0. The van der Waals surface area contributed by atoms with Crippen molar-refractivity contribution in [3.05, 3.63) is 35.1 Å². The lowest BCUT2D eigenvalue weighted by Gasteiger charge is -2.36. The Morgan fingerprint density at radius 1 is 1.06 bits per heavy atom. The lowest BCUT2D eigenvalue weighted by atomic mass is 10.1. The number of nitrogens with one attached hydrogen (secondary N) is 1. The van der Waals surface area contributed by atoms with Crippen LogP contribution < -0.4 is 5.32 Å². The van der Waals surface area contributed by atoms with Gasteiger partial charge in [-0.2, -0.15) is 13.2 Å².